The van der Waals surface area contributed by atoms with Crippen molar-refractivity contribution in [1.29, 1.82) is 0 Å². The van der Waals surface area contributed by atoms with Gasteiger partial charge in [0.25, 0.3) is 0 Å². The summed E-state index contributed by atoms with van der Waals surface area (Å²) < 4.78 is 24.3. The highest BCUT2D eigenvalue weighted by molar-refractivity contribution is 8.01. The first-order valence-corrected chi connectivity index (χ1v) is 10.9. The molecule has 1 aliphatic rings. The number of carbonyl (C=O) groups is 1. The average Bonchev–Trinajstić information content (AvgIpc) is 3.12. The van der Waals surface area contributed by atoms with Gasteiger partial charge in [0.2, 0.25) is 5.91 Å². The number of carbonyl (C=O) groups excluding carboxylic acids is 1. The second kappa shape index (κ2) is 7.08. The molecule has 0 bridgehead atoms. The van der Waals surface area contributed by atoms with E-state index >= 15 is 0 Å². The number of rotatable bonds is 5. The molecule has 1 atom stereocenters. The number of thioether (sulfide) groups is 1. The van der Waals surface area contributed by atoms with Crippen molar-refractivity contribution < 1.29 is 13.2 Å². The number of thiazole rings is 1. The van der Waals surface area contributed by atoms with Gasteiger partial charge in [0, 0.05) is 22.2 Å². The molecular formula is C16H16N2O3S3. The highest BCUT2D eigenvalue weighted by Gasteiger charge is 2.31. The summed E-state index contributed by atoms with van der Waals surface area (Å²) in [5.74, 6) is 0.00626. The number of hydrogen-bond donors (Lipinski definition) is 0. The molecule has 0 unspecified atom stereocenters. The number of nitrogens with zero attached hydrogens (tertiary/aromatic N) is 2. The second-order valence-corrected chi connectivity index (χ2v) is 9.38. The third-order valence-corrected chi connectivity index (χ3v) is 6.96. The molecule has 2 aromatic rings. The first-order valence-electron chi connectivity index (χ1n) is 7.27. The van der Waals surface area contributed by atoms with Crippen LogP contribution in [0, 0.1) is 6.92 Å². The zero-order chi connectivity index (χ0) is 17.2. The van der Waals surface area contributed by atoms with E-state index in [1.165, 1.54) is 28.5 Å². The Morgan fingerprint density at radius 2 is 2.12 bits per heavy atom. The van der Waals surface area contributed by atoms with E-state index in [-0.39, 0.29) is 17.4 Å². The molecule has 0 aliphatic carbocycles. The summed E-state index contributed by atoms with van der Waals surface area (Å²) in [6.07, 6.45) is 1.58. The minimum atomic E-state index is -3.24. The molecule has 5 nitrogen and oxygen atoms in total. The number of aromatic nitrogens is 1. The Bertz CT molecular complexity index is 860. The molecule has 3 rings (SSSR count). The van der Waals surface area contributed by atoms with E-state index in [9.17, 15) is 13.2 Å². The van der Waals surface area contributed by atoms with Crippen LogP contribution in [0.5, 0.6) is 0 Å². The first kappa shape index (κ1) is 17.2. The summed E-state index contributed by atoms with van der Waals surface area (Å²) in [6.45, 7) is 1.91. The van der Waals surface area contributed by atoms with Gasteiger partial charge in [-0.25, -0.2) is 13.4 Å². The third kappa shape index (κ3) is 4.06. The maximum absolute atomic E-state index is 12.8. The van der Waals surface area contributed by atoms with Crippen LogP contribution in [-0.4, -0.2) is 36.9 Å². The Balaban J connectivity index is 1.79. The van der Waals surface area contributed by atoms with E-state index < -0.39 is 15.9 Å². The molecule has 0 saturated carbocycles. The highest BCUT2D eigenvalue weighted by atomic mass is 32.2. The fourth-order valence-electron chi connectivity index (χ4n) is 2.42. The van der Waals surface area contributed by atoms with Crippen LogP contribution >= 0.6 is 23.1 Å². The summed E-state index contributed by atoms with van der Waals surface area (Å²) in [5.41, 5.74) is 1.63. The minimum absolute atomic E-state index is 0.0747. The Labute approximate surface area is 149 Å². The number of hydrogen-bond acceptors (Lipinski definition) is 6. The minimum Gasteiger partial charge on any atom is -0.304 e. The van der Waals surface area contributed by atoms with E-state index in [0.717, 1.165) is 10.0 Å². The Morgan fingerprint density at radius 3 is 2.71 bits per heavy atom. The van der Waals surface area contributed by atoms with Gasteiger partial charge in [-0.2, -0.15) is 0 Å². The summed E-state index contributed by atoms with van der Waals surface area (Å²) in [4.78, 5) is 18.7. The van der Waals surface area contributed by atoms with Crippen LogP contribution in [0.25, 0.3) is 0 Å². The maximum atomic E-state index is 12.8. The average molecular weight is 381 g/mol. The van der Waals surface area contributed by atoms with Crippen LogP contribution in [0.4, 0.5) is 5.69 Å². The molecule has 0 saturated heterocycles. The van der Waals surface area contributed by atoms with Crippen molar-refractivity contribution in [2.75, 3.05) is 16.4 Å². The zero-order valence-electron chi connectivity index (χ0n) is 13.0. The van der Waals surface area contributed by atoms with Gasteiger partial charge in [0.05, 0.1) is 17.5 Å². The number of anilines is 1. The third-order valence-electron chi connectivity index (χ3n) is 3.46. The predicted molar refractivity (Wildman–Crippen MR) is 98.2 cm³/mol. The van der Waals surface area contributed by atoms with E-state index in [1.807, 2.05) is 42.6 Å². The lowest BCUT2D eigenvalue weighted by molar-refractivity contribution is -0.116. The van der Waals surface area contributed by atoms with Gasteiger partial charge in [0.15, 0.2) is 14.2 Å². The van der Waals surface area contributed by atoms with Gasteiger partial charge < -0.3 is 4.90 Å². The number of aryl methyl sites for hydroxylation is 1. The molecule has 126 valence electrons. The number of para-hydroxylation sites is 1. The molecule has 0 fully saturated rings. The predicted octanol–water partition coefficient (Wildman–Crippen LogP) is 2.89. The van der Waals surface area contributed by atoms with E-state index in [2.05, 4.69) is 4.98 Å². The van der Waals surface area contributed by atoms with E-state index in [0.29, 0.717) is 5.69 Å². The fourth-order valence-corrected chi connectivity index (χ4v) is 5.40. The standard InChI is InChI=1S/C16H16N2O3S3/c1-12-9-22-16(17-12)23-10-15(19)18(13-5-3-2-4-6-13)14-7-8-24(20,21)11-14/h2-9,14H,10-11H2,1H3/t14-/m1/s1. The van der Waals surface area contributed by atoms with E-state index in [1.54, 1.807) is 11.0 Å². The zero-order valence-corrected chi connectivity index (χ0v) is 15.4. The lowest BCUT2D eigenvalue weighted by Crippen LogP contribution is -2.42. The number of sulfone groups is 1. The van der Waals surface area contributed by atoms with Gasteiger partial charge in [-0.05, 0) is 25.1 Å². The Morgan fingerprint density at radius 1 is 1.38 bits per heavy atom. The van der Waals surface area contributed by atoms with Gasteiger partial charge in [-0.3, -0.25) is 4.79 Å². The fraction of sp³-hybridized carbons (Fsp3) is 0.250. The quantitative estimate of drug-likeness (QED) is 0.746. The summed E-state index contributed by atoms with van der Waals surface area (Å²) in [5, 5.41) is 3.13. The monoisotopic (exact) mass is 380 g/mol. The van der Waals surface area contributed by atoms with Crippen LogP contribution in [0.15, 0.2) is 51.5 Å². The molecule has 24 heavy (non-hydrogen) atoms. The summed E-state index contributed by atoms with van der Waals surface area (Å²) in [7, 11) is -3.24. The molecule has 0 spiro atoms. The molecule has 1 aromatic heterocycles. The first-order chi connectivity index (χ1) is 11.4. The largest absolute Gasteiger partial charge is 0.304 e. The highest BCUT2D eigenvalue weighted by Crippen LogP contribution is 2.26. The van der Waals surface area contributed by atoms with Gasteiger partial charge in [0.1, 0.15) is 0 Å². The Kier molecular flexibility index (Phi) is 5.07. The van der Waals surface area contributed by atoms with Crippen molar-refractivity contribution in [3.63, 3.8) is 0 Å². The molecule has 8 heteroatoms. The second-order valence-electron chi connectivity index (χ2n) is 5.37. The van der Waals surface area contributed by atoms with Crippen LogP contribution in [0.3, 0.4) is 0 Å². The van der Waals surface area contributed by atoms with Crippen LogP contribution in [0.1, 0.15) is 5.69 Å². The number of benzene rings is 1. The molecule has 1 aliphatic heterocycles. The molecule has 2 heterocycles. The van der Waals surface area contributed by atoms with Crippen molar-refractivity contribution in [2.24, 2.45) is 0 Å². The lowest BCUT2D eigenvalue weighted by atomic mass is 10.2. The molecule has 0 radical (unpaired) electrons. The Hall–Kier alpha value is -1.64. The van der Waals surface area contributed by atoms with Crippen molar-refractivity contribution in [3.05, 3.63) is 52.9 Å². The topological polar surface area (TPSA) is 67.3 Å². The molecular weight excluding hydrogens is 364 g/mol. The van der Waals surface area contributed by atoms with Crippen LogP contribution in [-0.2, 0) is 14.6 Å². The van der Waals surface area contributed by atoms with Gasteiger partial charge >= 0.3 is 0 Å². The summed E-state index contributed by atoms with van der Waals surface area (Å²) >= 11 is 2.88. The maximum Gasteiger partial charge on any atom is 0.238 e. The smallest absolute Gasteiger partial charge is 0.238 e. The molecule has 1 amide bonds. The van der Waals surface area contributed by atoms with Crippen LogP contribution < -0.4 is 4.90 Å². The number of amides is 1. The summed E-state index contributed by atoms with van der Waals surface area (Å²) in [6, 6.07) is 8.69. The molecule has 1 aromatic carbocycles. The SMILES string of the molecule is Cc1csc(SCC(=O)N(c2ccccc2)[C@@H]2C=CS(=O)(=O)C2)n1. The van der Waals surface area contributed by atoms with Crippen molar-refractivity contribution in [3.8, 4) is 0 Å². The van der Waals surface area contributed by atoms with E-state index in [4.69, 9.17) is 0 Å². The normalized spacial score (nSPS) is 18.6. The van der Waals surface area contributed by atoms with Crippen molar-refractivity contribution >= 4 is 44.5 Å². The van der Waals surface area contributed by atoms with Crippen LogP contribution in [0.2, 0.25) is 0 Å². The van der Waals surface area contributed by atoms with Crippen molar-refractivity contribution in [2.45, 2.75) is 17.3 Å². The van der Waals surface area contributed by atoms with Gasteiger partial charge in [-0.15, -0.1) is 11.3 Å². The lowest BCUT2D eigenvalue weighted by Gasteiger charge is -2.27. The van der Waals surface area contributed by atoms with Crippen molar-refractivity contribution in [1.82, 2.24) is 4.98 Å². The van der Waals surface area contributed by atoms with Gasteiger partial charge in [-0.1, -0.05) is 30.0 Å². The molecule has 0 N–H and O–H groups in total.